The summed E-state index contributed by atoms with van der Waals surface area (Å²) >= 11 is 0. The minimum absolute atomic E-state index is 0. The molecule has 1 aromatic carbocycles. The number of halogens is 4. The van der Waals surface area contributed by atoms with Gasteiger partial charge in [0, 0.05) is 18.5 Å². The second-order valence-electron chi connectivity index (χ2n) is 7.24. The molecule has 0 saturated heterocycles. The molecule has 166 valence electrons. The highest BCUT2D eigenvalue weighted by Gasteiger charge is 2.31. The standard InChI is InChI=1S/C22H22F3N3O2.ClH/c23-22(24,25)30-17-10-8-16(9-11-17)29-21-13-19(18-7-4-12-26-18)28-20(21)14-27-15-5-2-1-3-6-15;/h4,7-15,26,28H,1-3,5-6H2;1H. The van der Waals surface area contributed by atoms with Crippen LogP contribution in [0.25, 0.3) is 11.4 Å². The number of nitrogens with zero attached hydrogens (tertiary/aromatic N) is 1. The Morgan fingerprint density at radius 2 is 1.68 bits per heavy atom. The molecule has 3 aromatic rings. The quantitative estimate of drug-likeness (QED) is 0.400. The molecular formula is C22H23ClF3N3O2. The van der Waals surface area contributed by atoms with E-state index in [-0.39, 0.29) is 18.2 Å². The number of hydrogen-bond donors (Lipinski definition) is 2. The summed E-state index contributed by atoms with van der Waals surface area (Å²) in [5, 5.41) is 0. The summed E-state index contributed by atoms with van der Waals surface area (Å²) in [6, 6.07) is 11.3. The number of rotatable bonds is 6. The highest BCUT2D eigenvalue weighted by molar-refractivity contribution is 5.85. The van der Waals surface area contributed by atoms with Crippen LogP contribution in [0.4, 0.5) is 13.2 Å². The van der Waals surface area contributed by atoms with E-state index in [0.717, 1.165) is 24.2 Å². The van der Waals surface area contributed by atoms with Gasteiger partial charge in [0.2, 0.25) is 0 Å². The molecule has 31 heavy (non-hydrogen) atoms. The Balaban J connectivity index is 0.00000272. The lowest BCUT2D eigenvalue weighted by Gasteiger charge is -2.17. The minimum Gasteiger partial charge on any atom is -0.455 e. The average Bonchev–Trinajstić information content (AvgIpc) is 3.38. The molecule has 1 aliphatic carbocycles. The fraction of sp³-hybridized carbons (Fsp3) is 0.318. The number of nitrogens with one attached hydrogen (secondary N) is 2. The van der Waals surface area contributed by atoms with Crippen LogP contribution in [0.15, 0.2) is 53.7 Å². The summed E-state index contributed by atoms with van der Waals surface area (Å²) in [5.41, 5.74) is 2.43. The lowest BCUT2D eigenvalue weighted by molar-refractivity contribution is -0.274. The van der Waals surface area contributed by atoms with Crippen molar-refractivity contribution in [1.82, 2.24) is 9.97 Å². The number of benzene rings is 1. The van der Waals surface area contributed by atoms with Gasteiger partial charge >= 0.3 is 6.36 Å². The van der Waals surface area contributed by atoms with E-state index in [1.807, 2.05) is 24.4 Å². The van der Waals surface area contributed by atoms with E-state index in [1.165, 1.54) is 43.5 Å². The zero-order valence-corrected chi connectivity index (χ0v) is 17.4. The van der Waals surface area contributed by atoms with Gasteiger partial charge in [-0.1, -0.05) is 19.3 Å². The Hall–Kier alpha value is -2.87. The summed E-state index contributed by atoms with van der Waals surface area (Å²) in [7, 11) is 0. The van der Waals surface area contributed by atoms with Gasteiger partial charge in [0.15, 0.2) is 5.75 Å². The maximum Gasteiger partial charge on any atom is 0.573 e. The molecule has 1 aliphatic rings. The van der Waals surface area contributed by atoms with Crippen LogP contribution in [0, 0.1) is 0 Å². The van der Waals surface area contributed by atoms with Gasteiger partial charge in [-0.2, -0.15) is 0 Å². The van der Waals surface area contributed by atoms with Gasteiger partial charge < -0.3 is 19.4 Å². The third-order valence-electron chi connectivity index (χ3n) is 4.97. The summed E-state index contributed by atoms with van der Waals surface area (Å²) in [6.45, 7) is 0. The molecule has 5 nitrogen and oxygen atoms in total. The number of alkyl halides is 3. The van der Waals surface area contributed by atoms with E-state index >= 15 is 0 Å². The largest absolute Gasteiger partial charge is 0.573 e. The Morgan fingerprint density at radius 1 is 0.968 bits per heavy atom. The number of aromatic nitrogens is 2. The Labute approximate surface area is 184 Å². The predicted octanol–water partition coefficient (Wildman–Crippen LogP) is 6.87. The zero-order valence-electron chi connectivity index (χ0n) is 16.6. The van der Waals surface area contributed by atoms with Crippen molar-refractivity contribution in [2.24, 2.45) is 4.99 Å². The summed E-state index contributed by atoms with van der Waals surface area (Å²) in [5.74, 6) is 0.646. The van der Waals surface area contributed by atoms with Gasteiger partial charge in [0.05, 0.1) is 17.4 Å². The highest BCUT2D eigenvalue weighted by atomic mass is 35.5. The van der Waals surface area contributed by atoms with Crippen LogP contribution in [0.5, 0.6) is 17.2 Å². The van der Waals surface area contributed by atoms with Gasteiger partial charge in [0.25, 0.3) is 0 Å². The van der Waals surface area contributed by atoms with Gasteiger partial charge in [-0.15, -0.1) is 25.6 Å². The SMILES string of the molecule is Cl.FC(F)(F)Oc1ccc(Oc2cc(-c3ccc[nH]3)[nH]c2C=NC2CCCCC2)cc1. The Kier molecular flexibility index (Phi) is 7.33. The zero-order chi connectivity index (χ0) is 21.0. The molecule has 0 aliphatic heterocycles. The highest BCUT2D eigenvalue weighted by Crippen LogP contribution is 2.32. The van der Waals surface area contributed by atoms with E-state index in [1.54, 1.807) is 6.21 Å². The van der Waals surface area contributed by atoms with Gasteiger partial charge in [-0.25, -0.2) is 0 Å². The molecule has 9 heteroatoms. The maximum absolute atomic E-state index is 12.3. The van der Waals surface area contributed by atoms with E-state index in [2.05, 4.69) is 14.7 Å². The van der Waals surface area contributed by atoms with Crippen LogP contribution in [-0.2, 0) is 0 Å². The van der Waals surface area contributed by atoms with Crippen molar-refractivity contribution < 1.29 is 22.6 Å². The molecule has 0 bridgehead atoms. The Morgan fingerprint density at radius 3 is 2.32 bits per heavy atom. The molecule has 0 unspecified atom stereocenters. The molecule has 0 spiro atoms. The third-order valence-corrected chi connectivity index (χ3v) is 4.97. The van der Waals surface area contributed by atoms with Crippen LogP contribution >= 0.6 is 12.4 Å². The lowest BCUT2D eigenvalue weighted by atomic mass is 9.96. The Bertz CT molecular complexity index is 977. The number of aromatic amines is 2. The number of aliphatic imine (C=N–C) groups is 1. The van der Waals surface area contributed by atoms with Gasteiger partial charge in [-0.3, -0.25) is 4.99 Å². The average molecular weight is 454 g/mol. The molecule has 0 amide bonds. The van der Waals surface area contributed by atoms with Crippen molar-refractivity contribution >= 4 is 18.6 Å². The van der Waals surface area contributed by atoms with Crippen molar-refractivity contribution in [2.45, 2.75) is 44.5 Å². The van der Waals surface area contributed by atoms with Crippen molar-refractivity contribution in [3.05, 3.63) is 54.4 Å². The molecule has 0 atom stereocenters. The predicted molar refractivity (Wildman–Crippen MR) is 115 cm³/mol. The number of H-pyrrole nitrogens is 2. The van der Waals surface area contributed by atoms with Crippen LogP contribution < -0.4 is 9.47 Å². The maximum atomic E-state index is 12.3. The molecule has 2 heterocycles. The monoisotopic (exact) mass is 453 g/mol. The fourth-order valence-corrected chi connectivity index (χ4v) is 3.52. The molecule has 1 saturated carbocycles. The lowest BCUT2D eigenvalue weighted by Crippen LogP contribution is -2.16. The minimum atomic E-state index is -4.73. The summed E-state index contributed by atoms with van der Waals surface area (Å²) in [4.78, 5) is 11.2. The van der Waals surface area contributed by atoms with E-state index in [4.69, 9.17) is 9.73 Å². The molecule has 4 rings (SSSR count). The molecular weight excluding hydrogens is 431 g/mol. The molecule has 2 N–H and O–H groups in total. The molecule has 2 aromatic heterocycles. The molecule has 1 fully saturated rings. The first kappa shape index (κ1) is 22.8. The first-order chi connectivity index (χ1) is 14.5. The van der Waals surface area contributed by atoms with Crippen LogP contribution in [0.3, 0.4) is 0 Å². The smallest absolute Gasteiger partial charge is 0.455 e. The molecule has 0 radical (unpaired) electrons. The topological polar surface area (TPSA) is 62.4 Å². The second-order valence-corrected chi connectivity index (χ2v) is 7.24. The van der Waals surface area contributed by atoms with Gasteiger partial charge in [-0.05, 0) is 49.2 Å². The van der Waals surface area contributed by atoms with Crippen molar-refractivity contribution in [2.75, 3.05) is 0 Å². The van der Waals surface area contributed by atoms with E-state index in [0.29, 0.717) is 23.2 Å². The van der Waals surface area contributed by atoms with Crippen molar-refractivity contribution in [3.8, 4) is 28.6 Å². The van der Waals surface area contributed by atoms with E-state index < -0.39 is 6.36 Å². The van der Waals surface area contributed by atoms with Crippen LogP contribution in [-0.4, -0.2) is 28.6 Å². The number of ether oxygens (including phenoxy) is 2. The van der Waals surface area contributed by atoms with E-state index in [9.17, 15) is 13.2 Å². The van der Waals surface area contributed by atoms with Crippen LogP contribution in [0.1, 0.15) is 37.8 Å². The summed E-state index contributed by atoms with van der Waals surface area (Å²) in [6.07, 6.45) is 4.69. The summed E-state index contributed by atoms with van der Waals surface area (Å²) < 4.78 is 46.9. The van der Waals surface area contributed by atoms with Crippen molar-refractivity contribution in [1.29, 1.82) is 0 Å². The first-order valence-electron chi connectivity index (χ1n) is 9.90. The third kappa shape index (κ3) is 6.30. The number of hydrogen-bond acceptors (Lipinski definition) is 3. The normalized spacial score (nSPS) is 15.1. The van der Waals surface area contributed by atoms with Crippen LogP contribution in [0.2, 0.25) is 0 Å². The fourth-order valence-electron chi connectivity index (χ4n) is 3.52. The first-order valence-corrected chi connectivity index (χ1v) is 9.90. The van der Waals surface area contributed by atoms with Crippen molar-refractivity contribution in [3.63, 3.8) is 0 Å². The van der Waals surface area contributed by atoms with Gasteiger partial charge in [0.1, 0.15) is 17.2 Å². The second kappa shape index (κ2) is 9.96.